The van der Waals surface area contributed by atoms with Gasteiger partial charge in [-0.25, -0.2) is 14.6 Å². The molecule has 2 aromatic heterocycles. The molecule has 2 aromatic carbocycles. The fourth-order valence-electron chi connectivity index (χ4n) is 2.46. The van der Waals surface area contributed by atoms with Crippen molar-refractivity contribution in [3.8, 4) is 17.3 Å². The standard InChI is InChI=1S/C17H14N6O2/c24-17-18-20-21-23(17)15-9-5-4-6-13(15)12-25-16-10-11-22(19-16)14-7-2-1-3-8-14/h1-11H,12H2,(H,18,21,24). The van der Waals surface area contributed by atoms with Gasteiger partial charge in [0.2, 0.25) is 5.88 Å². The molecule has 0 saturated carbocycles. The van der Waals surface area contributed by atoms with Crippen LogP contribution in [-0.2, 0) is 6.61 Å². The molecule has 0 aliphatic heterocycles. The van der Waals surface area contributed by atoms with Gasteiger partial charge in [0.25, 0.3) is 0 Å². The van der Waals surface area contributed by atoms with Crippen molar-refractivity contribution >= 4 is 0 Å². The molecule has 1 N–H and O–H groups in total. The van der Waals surface area contributed by atoms with E-state index < -0.39 is 5.69 Å². The SMILES string of the molecule is O=c1[nH]nnn1-c1ccccc1COc1ccn(-c2ccccc2)n1. The molecular weight excluding hydrogens is 320 g/mol. The van der Waals surface area contributed by atoms with Crippen LogP contribution in [0.4, 0.5) is 0 Å². The van der Waals surface area contributed by atoms with E-state index in [1.54, 1.807) is 16.8 Å². The minimum atomic E-state index is -0.402. The number of para-hydroxylation sites is 2. The lowest BCUT2D eigenvalue weighted by molar-refractivity contribution is 0.291. The molecule has 2 heterocycles. The number of nitrogens with zero attached hydrogens (tertiary/aromatic N) is 5. The Bertz CT molecular complexity index is 1030. The van der Waals surface area contributed by atoms with E-state index in [1.165, 1.54) is 4.68 Å². The van der Waals surface area contributed by atoms with Gasteiger partial charge in [0.1, 0.15) is 6.61 Å². The van der Waals surface area contributed by atoms with Crippen LogP contribution in [0.3, 0.4) is 0 Å². The van der Waals surface area contributed by atoms with Crippen LogP contribution in [0, 0.1) is 0 Å². The van der Waals surface area contributed by atoms with Crippen LogP contribution in [0.2, 0.25) is 0 Å². The Hall–Kier alpha value is -3.68. The summed E-state index contributed by atoms with van der Waals surface area (Å²) in [6.45, 7) is 0.251. The Morgan fingerprint density at radius 3 is 2.60 bits per heavy atom. The Morgan fingerprint density at radius 2 is 1.80 bits per heavy atom. The first kappa shape index (κ1) is 14.9. The van der Waals surface area contributed by atoms with E-state index in [1.807, 2.05) is 54.7 Å². The van der Waals surface area contributed by atoms with Crippen LogP contribution >= 0.6 is 0 Å². The summed E-state index contributed by atoms with van der Waals surface area (Å²) in [5.74, 6) is 0.492. The summed E-state index contributed by atoms with van der Waals surface area (Å²) < 4.78 is 8.70. The molecule has 0 bridgehead atoms. The van der Waals surface area contributed by atoms with Gasteiger partial charge in [-0.3, -0.25) is 0 Å². The quantitative estimate of drug-likeness (QED) is 0.600. The largest absolute Gasteiger partial charge is 0.472 e. The van der Waals surface area contributed by atoms with E-state index in [2.05, 4.69) is 20.6 Å². The third-order valence-corrected chi connectivity index (χ3v) is 3.65. The molecule has 4 aromatic rings. The van der Waals surface area contributed by atoms with Crippen molar-refractivity contribution in [2.24, 2.45) is 0 Å². The molecular formula is C17H14N6O2. The average Bonchev–Trinajstić information content (AvgIpc) is 3.30. The van der Waals surface area contributed by atoms with Crippen LogP contribution < -0.4 is 10.4 Å². The third kappa shape index (κ3) is 3.05. The number of aromatic amines is 1. The molecule has 0 radical (unpaired) electrons. The molecule has 0 aliphatic rings. The van der Waals surface area contributed by atoms with Gasteiger partial charge in [0, 0.05) is 17.8 Å². The predicted molar refractivity (Wildman–Crippen MR) is 89.9 cm³/mol. The van der Waals surface area contributed by atoms with Gasteiger partial charge in [0.05, 0.1) is 11.4 Å². The van der Waals surface area contributed by atoms with Crippen LogP contribution in [0.5, 0.6) is 5.88 Å². The monoisotopic (exact) mass is 334 g/mol. The number of hydrogen-bond donors (Lipinski definition) is 1. The number of rotatable bonds is 5. The first-order valence-electron chi connectivity index (χ1n) is 7.64. The molecule has 0 fully saturated rings. The summed E-state index contributed by atoms with van der Waals surface area (Å²) in [5, 5.41) is 14.0. The zero-order chi connectivity index (χ0) is 17.1. The normalized spacial score (nSPS) is 10.7. The van der Waals surface area contributed by atoms with E-state index in [0.717, 1.165) is 11.3 Å². The molecule has 4 rings (SSSR count). The summed E-state index contributed by atoms with van der Waals surface area (Å²) in [6, 6.07) is 18.9. The van der Waals surface area contributed by atoms with Gasteiger partial charge < -0.3 is 4.74 Å². The zero-order valence-corrected chi connectivity index (χ0v) is 13.1. The second kappa shape index (κ2) is 6.44. The first-order chi connectivity index (χ1) is 12.3. The summed E-state index contributed by atoms with van der Waals surface area (Å²) in [7, 11) is 0. The number of nitrogens with one attached hydrogen (secondary N) is 1. The number of aromatic nitrogens is 6. The smallest absolute Gasteiger partial charge is 0.365 e. The van der Waals surface area contributed by atoms with Crippen molar-refractivity contribution in [2.45, 2.75) is 6.61 Å². The molecule has 0 aliphatic carbocycles. The van der Waals surface area contributed by atoms with Crippen LogP contribution in [0.15, 0.2) is 71.7 Å². The van der Waals surface area contributed by atoms with Gasteiger partial charge in [0.15, 0.2) is 0 Å². The highest BCUT2D eigenvalue weighted by Gasteiger charge is 2.10. The van der Waals surface area contributed by atoms with Gasteiger partial charge in [-0.1, -0.05) is 36.4 Å². The molecule has 124 valence electrons. The molecule has 0 amide bonds. The number of ether oxygens (including phenoxy) is 1. The average molecular weight is 334 g/mol. The zero-order valence-electron chi connectivity index (χ0n) is 13.1. The summed E-state index contributed by atoms with van der Waals surface area (Å²) >= 11 is 0. The van der Waals surface area contributed by atoms with E-state index in [-0.39, 0.29) is 6.61 Å². The highest BCUT2D eigenvalue weighted by molar-refractivity contribution is 5.39. The van der Waals surface area contributed by atoms with Crippen LogP contribution in [0.1, 0.15) is 5.56 Å². The molecule has 0 spiro atoms. The summed E-state index contributed by atoms with van der Waals surface area (Å²) in [6.07, 6.45) is 1.83. The molecule has 0 saturated heterocycles. The maximum atomic E-state index is 11.7. The first-order valence-corrected chi connectivity index (χ1v) is 7.64. The second-order valence-electron chi connectivity index (χ2n) is 5.27. The minimum Gasteiger partial charge on any atom is -0.472 e. The Kier molecular flexibility index (Phi) is 3.83. The van der Waals surface area contributed by atoms with Crippen molar-refractivity contribution in [3.63, 3.8) is 0 Å². The summed E-state index contributed by atoms with van der Waals surface area (Å²) in [4.78, 5) is 11.7. The maximum absolute atomic E-state index is 11.7. The number of H-pyrrole nitrogens is 1. The molecule has 0 unspecified atom stereocenters. The van der Waals surface area contributed by atoms with E-state index in [9.17, 15) is 4.79 Å². The Morgan fingerprint density at radius 1 is 1.00 bits per heavy atom. The number of hydrogen-bond acceptors (Lipinski definition) is 5. The highest BCUT2D eigenvalue weighted by Crippen LogP contribution is 2.16. The number of benzene rings is 2. The molecule has 8 nitrogen and oxygen atoms in total. The van der Waals surface area contributed by atoms with Gasteiger partial charge in [-0.05, 0) is 28.6 Å². The minimum absolute atomic E-state index is 0.251. The molecule has 8 heteroatoms. The van der Waals surface area contributed by atoms with E-state index in [4.69, 9.17) is 4.74 Å². The predicted octanol–water partition coefficient (Wildman–Crippen LogP) is 1.72. The topological polar surface area (TPSA) is 90.6 Å². The maximum Gasteiger partial charge on any atom is 0.365 e. The van der Waals surface area contributed by atoms with Gasteiger partial charge >= 0.3 is 5.69 Å². The fourth-order valence-corrected chi connectivity index (χ4v) is 2.46. The van der Waals surface area contributed by atoms with Crippen LogP contribution in [-0.4, -0.2) is 30.0 Å². The fraction of sp³-hybridized carbons (Fsp3) is 0.0588. The van der Waals surface area contributed by atoms with E-state index >= 15 is 0 Å². The molecule has 25 heavy (non-hydrogen) atoms. The van der Waals surface area contributed by atoms with Crippen molar-refractivity contribution in [1.29, 1.82) is 0 Å². The third-order valence-electron chi connectivity index (χ3n) is 3.65. The van der Waals surface area contributed by atoms with Gasteiger partial charge in [-0.15, -0.1) is 5.10 Å². The number of tetrazole rings is 1. The summed E-state index contributed by atoms with van der Waals surface area (Å²) in [5.41, 5.74) is 1.96. The molecule has 0 atom stereocenters. The van der Waals surface area contributed by atoms with Crippen molar-refractivity contribution in [1.82, 2.24) is 30.0 Å². The van der Waals surface area contributed by atoms with Crippen LogP contribution in [0.25, 0.3) is 11.4 Å². The van der Waals surface area contributed by atoms with Crippen molar-refractivity contribution in [3.05, 3.63) is 82.9 Å². The van der Waals surface area contributed by atoms with Crippen molar-refractivity contribution in [2.75, 3.05) is 0 Å². The Balaban J connectivity index is 1.54. The lowest BCUT2D eigenvalue weighted by atomic mass is 10.2. The lowest BCUT2D eigenvalue weighted by Crippen LogP contribution is -2.18. The second-order valence-corrected chi connectivity index (χ2v) is 5.27. The lowest BCUT2D eigenvalue weighted by Gasteiger charge is -2.08. The van der Waals surface area contributed by atoms with Gasteiger partial charge in [-0.2, -0.15) is 4.68 Å². The Labute approximate surface area is 142 Å². The highest BCUT2D eigenvalue weighted by atomic mass is 16.5. The van der Waals surface area contributed by atoms with Crippen molar-refractivity contribution < 1.29 is 4.74 Å². The van der Waals surface area contributed by atoms with E-state index in [0.29, 0.717) is 11.6 Å².